The highest BCUT2D eigenvalue weighted by molar-refractivity contribution is 6.30. The molecule has 2 aromatic rings. The van der Waals surface area contributed by atoms with Gasteiger partial charge in [-0.25, -0.2) is 9.97 Å². The van der Waals surface area contributed by atoms with Crippen molar-refractivity contribution in [1.29, 1.82) is 0 Å². The zero-order valence-corrected chi connectivity index (χ0v) is 13.5. The maximum absolute atomic E-state index is 12.6. The van der Waals surface area contributed by atoms with Crippen LogP contribution in [-0.2, 0) is 0 Å². The zero-order valence-electron chi connectivity index (χ0n) is 12.7. The van der Waals surface area contributed by atoms with E-state index in [0.717, 1.165) is 37.1 Å². The lowest BCUT2D eigenvalue weighted by Gasteiger charge is -2.19. The van der Waals surface area contributed by atoms with Crippen LogP contribution in [0.1, 0.15) is 59.5 Å². The van der Waals surface area contributed by atoms with Crippen molar-refractivity contribution in [3.63, 3.8) is 0 Å². The third-order valence-corrected chi connectivity index (χ3v) is 4.71. The number of benzene rings is 1. The summed E-state index contributed by atoms with van der Waals surface area (Å²) in [6.45, 7) is 0. The Morgan fingerprint density at radius 2 is 1.87 bits per heavy atom. The fourth-order valence-electron chi connectivity index (χ4n) is 2.83. The number of halogens is 1. The van der Waals surface area contributed by atoms with E-state index in [-0.39, 0.29) is 11.9 Å². The van der Waals surface area contributed by atoms with Crippen molar-refractivity contribution in [3.05, 3.63) is 58.6 Å². The molecule has 1 amide bonds. The molecule has 0 radical (unpaired) electrons. The first kappa shape index (κ1) is 14.6. The molecule has 0 spiro atoms. The summed E-state index contributed by atoms with van der Waals surface area (Å²) in [6.07, 6.45) is 6.22. The number of hydrogen-bond acceptors (Lipinski definition) is 3. The van der Waals surface area contributed by atoms with E-state index in [4.69, 9.17) is 11.6 Å². The maximum atomic E-state index is 12.6. The second-order valence-electron chi connectivity index (χ2n) is 6.41. The lowest BCUT2D eigenvalue weighted by atomic mass is 10.0. The van der Waals surface area contributed by atoms with Crippen LogP contribution in [0.4, 0.5) is 0 Å². The summed E-state index contributed by atoms with van der Waals surface area (Å²) >= 11 is 5.96. The highest BCUT2D eigenvalue weighted by Gasteiger charge is 2.34. The first-order valence-electron chi connectivity index (χ1n) is 8.10. The van der Waals surface area contributed by atoms with Gasteiger partial charge in [0, 0.05) is 17.1 Å². The standard InChI is InChI=1S/C18H18ClN3O/c19-14-7-5-12(6-8-14)16(11-1-2-11)22-18(23)15-9-10-20-17(21-15)13-3-4-13/h5-11,13,16H,1-4H2,(H,22,23). The third kappa shape index (κ3) is 3.37. The molecule has 1 aromatic heterocycles. The van der Waals surface area contributed by atoms with Gasteiger partial charge in [0.2, 0.25) is 0 Å². The van der Waals surface area contributed by atoms with Gasteiger partial charge in [0.25, 0.3) is 5.91 Å². The van der Waals surface area contributed by atoms with E-state index in [1.807, 2.05) is 24.3 Å². The molecule has 1 N–H and O–H groups in total. The van der Waals surface area contributed by atoms with E-state index >= 15 is 0 Å². The molecule has 0 bridgehead atoms. The van der Waals surface area contributed by atoms with Gasteiger partial charge >= 0.3 is 0 Å². The molecule has 1 atom stereocenters. The topological polar surface area (TPSA) is 54.9 Å². The van der Waals surface area contributed by atoms with Crippen LogP contribution in [0, 0.1) is 5.92 Å². The van der Waals surface area contributed by atoms with Gasteiger partial charge in [0.1, 0.15) is 11.5 Å². The SMILES string of the molecule is O=C(NC(c1ccc(Cl)cc1)C1CC1)c1ccnc(C2CC2)n1. The van der Waals surface area contributed by atoms with Crippen LogP contribution >= 0.6 is 11.6 Å². The Balaban J connectivity index is 1.53. The van der Waals surface area contributed by atoms with Crippen LogP contribution in [0.2, 0.25) is 5.02 Å². The van der Waals surface area contributed by atoms with Gasteiger partial charge in [-0.15, -0.1) is 0 Å². The Labute approximate surface area is 140 Å². The Hall–Kier alpha value is -1.94. The van der Waals surface area contributed by atoms with Crippen molar-refractivity contribution in [2.75, 3.05) is 0 Å². The van der Waals surface area contributed by atoms with E-state index in [9.17, 15) is 4.79 Å². The minimum atomic E-state index is -0.124. The molecular formula is C18H18ClN3O. The summed E-state index contributed by atoms with van der Waals surface area (Å²) in [5.41, 5.74) is 1.56. The van der Waals surface area contributed by atoms with Crippen LogP contribution in [0.15, 0.2) is 36.5 Å². The Bertz CT molecular complexity index is 723. The molecule has 2 fully saturated rings. The largest absolute Gasteiger partial charge is 0.344 e. The van der Waals surface area contributed by atoms with Gasteiger partial charge in [0.15, 0.2) is 0 Å². The average molecular weight is 328 g/mol. The van der Waals surface area contributed by atoms with E-state index in [0.29, 0.717) is 22.6 Å². The molecule has 2 saturated carbocycles. The highest BCUT2D eigenvalue weighted by atomic mass is 35.5. The summed E-state index contributed by atoms with van der Waals surface area (Å²) in [6, 6.07) is 9.43. The highest BCUT2D eigenvalue weighted by Crippen LogP contribution is 2.41. The average Bonchev–Trinajstić information content (AvgIpc) is 3.47. The normalized spacial score (nSPS) is 18.5. The van der Waals surface area contributed by atoms with Crippen molar-refractivity contribution in [1.82, 2.24) is 15.3 Å². The van der Waals surface area contributed by atoms with E-state index in [1.54, 1.807) is 12.3 Å². The Kier molecular flexibility index (Phi) is 3.77. The Morgan fingerprint density at radius 1 is 1.13 bits per heavy atom. The summed E-state index contributed by atoms with van der Waals surface area (Å²) in [5.74, 6) is 1.62. The molecule has 1 unspecified atom stereocenters. The van der Waals surface area contributed by atoms with E-state index < -0.39 is 0 Å². The molecule has 2 aliphatic rings. The summed E-state index contributed by atoms with van der Waals surface area (Å²) in [4.78, 5) is 21.3. The molecule has 2 aliphatic carbocycles. The smallest absolute Gasteiger partial charge is 0.270 e. The molecule has 1 aromatic carbocycles. The molecule has 0 aliphatic heterocycles. The van der Waals surface area contributed by atoms with Crippen molar-refractivity contribution < 1.29 is 4.79 Å². The van der Waals surface area contributed by atoms with Gasteiger partial charge in [0.05, 0.1) is 6.04 Å². The van der Waals surface area contributed by atoms with Gasteiger partial charge < -0.3 is 5.32 Å². The van der Waals surface area contributed by atoms with Crippen LogP contribution < -0.4 is 5.32 Å². The van der Waals surface area contributed by atoms with Crippen molar-refractivity contribution in [2.24, 2.45) is 5.92 Å². The van der Waals surface area contributed by atoms with E-state index in [2.05, 4.69) is 15.3 Å². The molecule has 4 nitrogen and oxygen atoms in total. The van der Waals surface area contributed by atoms with Crippen LogP contribution in [0.3, 0.4) is 0 Å². The molecule has 4 rings (SSSR count). The van der Waals surface area contributed by atoms with Gasteiger partial charge in [-0.3, -0.25) is 4.79 Å². The lowest BCUT2D eigenvalue weighted by molar-refractivity contribution is 0.0926. The zero-order chi connectivity index (χ0) is 15.8. The summed E-state index contributed by atoms with van der Waals surface area (Å²) < 4.78 is 0. The number of hydrogen-bond donors (Lipinski definition) is 1. The van der Waals surface area contributed by atoms with Crippen LogP contribution in [-0.4, -0.2) is 15.9 Å². The number of carbonyl (C=O) groups is 1. The van der Waals surface area contributed by atoms with Crippen LogP contribution in [0.25, 0.3) is 0 Å². The quantitative estimate of drug-likeness (QED) is 0.906. The van der Waals surface area contributed by atoms with Crippen molar-refractivity contribution in [3.8, 4) is 0 Å². The van der Waals surface area contributed by atoms with Crippen molar-refractivity contribution in [2.45, 2.75) is 37.6 Å². The number of aromatic nitrogens is 2. The first-order chi connectivity index (χ1) is 11.2. The van der Waals surface area contributed by atoms with Crippen LogP contribution in [0.5, 0.6) is 0 Å². The molecule has 0 saturated heterocycles. The fraction of sp³-hybridized carbons (Fsp3) is 0.389. The maximum Gasteiger partial charge on any atom is 0.270 e. The summed E-state index contributed by atoms with van der Waals surface area (Å²) in [7, 11) is 0. The number of nitrogens with zero attached hydrogens (tertiary/aromatic N) is 2. The van der Waals surface area contributed by atoms with Gasteiger partial charge in [-0.2, -0.15) is 0 Å². The van der Waals surface area contributed by atoms with Gasteiger partial charge in [-0.1, -0.05) is 23.7 Å². The first-order valence-corrected chi connectivity index (χ1v) is 8.48. The number of nitrogens with one attached hydrogen (secondary N) is 1. The minimum Gasteiger partial charge on any atom is -0.344 e. The molecule has 5 heteroatoms. The number of rotatable bonds is 5. The lowest BCUT2D eigenvalue weighted by Crippen LogP contribution is -2.30. The number of amides is 1. The number of carbonyl (C=O) groups excluding carboxylic acids is 1. The predicted octanol–water partition coefficient (Wildman–Crippen LogP) is 3.89. The minimum absolute atomic E-state index is 0.0270. The van der Waals surface area contributed by atoms with E-state index in [1.165, 1.54) is 0 Å². The second kappa shape index (κ2) is 5.93. The van der Waals surface area contributed by atoms with Crippen molar-refractivity contribution >= 4 is 17.5 Å². The Morgan fingerprint density at radius 3 is 2.52 bits per heavy atom. The monoisotopic (exact) mass is 327 g/mol. The fourth-order valence-corrected chi connectivity index (χ4v) is 2.95. The second-order valence-corrected chi connectivity index (χ2v) is 6.85. The molecule has 1 heterocycles. The predicted molar refractivity (Wildman–Crippen MR) is 88.4 cm³/mol. The summed E-state index contributed by atoms with van der Waals surface area (Å²) in [5, 5.41) is 3.85. The third-order valence-electron chi connectivity index (χ3n) is 4.46. The molecule has 23 heavy (non-hydrogen) atoms. The molecule has 118 valence electrons. The van der Waals surface area contributed by atoms with Gasteiger partial charge in [-0.05, 0) is 55.4 Å². The molecular weight excluding hydrogens is 310 g/mol.